The number of benzene rings is 1. The van der Waals surface area contributed by atoms with Gasteiger partial charge in [-0.25, -0.2) is 8.42 Å². The summed E-state index contributed by atoms with van der Waals surface area (Å²) in [5, 5.41) is 9.65. The van der Waals surface area contributed by atoms with Crippen LogP contribution in [0.1, 0.15) is 20.8 Å². The van der Waals surface area contributed by atoms with Crippen LogP contribution in [0, 0.1) is 0 Å². The van der Waals surface area contributed by atoms with E-state index in [1.165, 1.54) is 6.07 Å². The van der Waals surface area contributed by atoms with Gasteiger partial charge in [0, 0.05) is 0 Å². The largest absolute Gasteiger partial charge is 0.505 e. The quantitative estimate of drug-likeness (QED) is 0.826. The average Bonchev–Trinajstić information content (AvgIpc) is 2.11. The van der Waals surface area contributed by atoms with Gasteiger partial charge in [-0.15, -0.1) is 0 Å². The molecule has 0 amide bonds. The van der Waals surface area contributed by atoms with Gasteiger partial charge in [-0.1, -0.05) is 6.07 Å². The fourth-order valence-corrected chi connectivity index (χ4v) is 2.02. The van der Waals surface area contributed by atoms with Crippen LogP contribution in [-0.2, 0) is 10.0 Å². The SMILES string of the molecule is CC(C)(C)S(=O)(=O)Nc1cccc(Br)c1O. The first kappa shape index (κ1) is 13.3. The Bertz CT molecular complexity index is 491. The third kappa shape index (κ3) is 2.68. The Morgan fingerprint density at radius 2 is 1.88 bits per heavy atom. The van der Waals surface area contributed by atoms with Crippen LogP contribution in [0.5, 0.6) is 5.75 Å². The molecular weight excluding hydrogens is 294 g/mol. The molecule has 0 radical (unpaired) electrons. The van der Waals surface area contributed by atoms with Crippen molar-refractivity contribution in [3.8, 4) is 5.75 Å². The van der Waals surface area contributed by atoms with Crippen LogP contribution in [0.4, 0.5) is 5.69 Å². The highest BCUT2D eigenvalue weighted by molar-refractivity contribution is 9.10. The zero-order valence-electron chi connectivity index (χ0n) is 9.28. The summed E-state index contributed by atoms with van der Waals surface area (Å²) in [7, 11) is -3.52. The second kappa shape index (κ2) is 4.25. The Kier molecular flexibility index (Phi) is 3.54. The lowest BCUT2D eigenvalue weighted by Gasteiger charge is -2.20. The second-order valence-electron chi connectivity index (χ2n) is 4.35. The molecule has 0 aliphatic heterocycles. The topological polar surface area (TPSA) is 66.4 Å². The van der Waals surface area contributed by atoms with E-state index in [0.717, 1.165) is 0 Å². The minimum absolute atomic E-state index is 0.115. The Labute approximate surface area is 104 Å². The van der Waals surface area contributed by atoms with E-state index in [4.69, 9.17) is 0 Å². The first-order valence-corrected chi connectivity index (χ1v) is 6.92. The van der Waals surface area contributed by atoms with Crippen molar-refractivity contribution in [2.45, 2.75) is 25.5 Å². The molecule has 1 aromatic carbocycles. The van der Waals surface area contributed by atoms with Gasteiger partial charge in [0.1, 0.15) is 0 Å². The molecule has 16 heavy (non-hydrogen) atoms. The van der Waals surface area contributed by atoms with Crippen molar-refractivity contribution in [2.24, 2.45) is 0 Å². The number of hydrogen-bond acceptors (Lipinski definition) is 3. The predicted molar refractivity (Wildman–Crippen MR) is 68.1 cm³/mol. The van der Waals surface area contributed by atoms with E-state index in [0.29, 0.717) is 4.47 Å². The number of nitrogens with one attached hydrogen (secondary N) is 1. The van der Waals surface area contributed by atoms with Crippen molar-refractivity contribution in [1.29, 1.82) is 0 Å². The van der Waals surface area contributed by atoms with Gasteiger partial charge in [0.25, 0.3) is 0 Å². The minimum Gasteiger partial charge on any atom is -0.505 e. The summed E-state index contributed by atoms with van der Waals surface area (Å²) in [5.41, 5.74) is 0.171. The van der Waals surface area contributed by atoms with Gasteiger partial charge in [-0.05, 0) is 48.8 Å². The number of anilines is 1. The molecule has 6 heteroatoms. The molecule has 1 rings (SSSR count). The number of phenolic OH excluding ortho intramolecular Hbond substituents is 1. The van der Waals surface area contributed by atoms with E-state index in [1.807, 2.05) is 0 Å². The van der Waals surface area contributed by atoms with Crippen LogP contribution in [0.25, 0.3) is 0 Å². The van der Waals surface area contributed by atoms with E-state index < -0.39 is 14.8 Å². The average molecular weight is 308 g/mol. The van der Waals surface area contributed by atoms with Crippen LogP contribution in [0.2, 0.25) is 0 Å². The maximum Gasteiger partial charge on any atom is 0.237 e. The first-order chi connectivity index (χ1) is 7.15. The van der Waals surface area contributed by atoms with Crippen molar-refractivity contribution in [1.82, 2.24) is 0 Å². The van der Waals surface area contributed by atoms with Crippen LogP contribution >= 0.6 is 15.9 Å². The first-order valence-electron chi connectivity index (χ1n) is 4.65. The fraction of sp³-hybridized carbons (Fsp3) is 0.400. The molecule has 0 heterocycles. The van der Waals surface area contributed by atoms with Gasteiger partial charge in [0.2, 0.25) is 10.0 Å². The maximum absolute atomic E-state index is 11.8. The van der Waals surface area contributed by atoms with E-state index >= 15 is 0 Å². The van der Waals surface area contributed by atoms with Crippen LogP contribution in [0.3, 0.4) is 0 Å². The Morgan fingerprint density at radius 1 is 1.31 bits per heavy atom. The van der Waals surface area contributed by atoms with Crippen molar-refractivity contribution < 1.29 is 13.5 Å². The highest BCUT2D eigenvalue weighted by Crippen LogP contribution is 2.33. The monoisotopic (exact) mass is 307 g/mol. The zero-order chi connectivity index (χ0) is 12.6. The lowest BCUT2D eigenvalue weighted by molar-refractivity contribution is 0.474. The van der Waals surface area contributed by atoms with E-state index in [1.54, 1.807) is 32.9 Å². The minimum atomic E-state index is -3.52. The number of para-hydroxylation sites is 1. The summed E-state index contributed by atoms with van der Waals surface area (Å²) in [5.74, 6) is -0.115. The molecule has 0 spiro atoms. The molecule has 1 aromatic rings. The van der Waals surface area contributed by atoms with Crippen LogP contribution in [-0.4, -0.2) is 18.3 Å². The molecule has 0 saturated heterocycles. The fourth-order valence-electron chi connectivity index (χ4n) is 0.896. The molecule has 0 aromatic heterocycles. The smallest absolute Gasteiger partial charge is 0.237 e. The van der Waals surface area contributed by atoms with Crippen molar-refractivity contribution in [2.75, 3.05) is 4.72 Å². The van der Waals surface area contributed by atoms with Crippen molar-refractivity contribution in [3.05, 3.63) is 22.7 Å². The predicted octanol–water partition coefficient (Wildman–Crippen LogP) is 2.69. The summed E-state index contributed by atoms with van der Waals surface area (Å²) in [4.78, 5) is 0. The molecular formula is C10H14BrNO3S. The Hall–Kier alpha value is -0.750. The van der Waals surface area contributed by atoms with Gasteiger partial charge in [0.15, 0.2) is 5.75 Å². The zero-order valence-corrected chi connectivity index (χ0v) is 11.7. The van der Waals surface area contributed by atoms with Gasteiger partial charge in [0.05, 0.1) is 14.9 Å². The molecule has 90 valence electrons. The summed E-state index contributed by atoms with van der Waals surface area (Å²) >= 11 is 3.12. The number of sulfonamides is 1. The van der Waals surface area contributed by atoms with Gasteiger partial charge < -0.3 is 5.11 Å². The van der Waals surface area contributed by atoms with Gasteiger partial charge in [-0.3, -0.25) is 4.72 Å². The molecule has 0 fully saturated rings. The standard InChI is InChI=1S/C10H14BrNO3S/c1-10(2,3)16(14,15)12-8-6-4-5-7(11)9(8)13/h4-6,12-13H,1-3H3. The Balaban J connectivity index is 3.12. The molecule has 4 nitrogen and oxygen atoms in total. The number of rotatable bonds is 2. The molecule has 0 unspecified atom stereocenters. The molecule has 0 bridgehead atoms. The van der Waals surface area contributed by atoms with E-state index in [9.17, 15) is 13.5 Å². The van der Waals surface area contributed by atoms with E-state index in [2.05, 4.69) is 20.7 Å². The number of aromatic hydroxyl groups is 1. The molecule has 0 atom stereocenters. The summed E-state index contributed by atoms with van der Waals surface area (Å²) in [6.45, 7) is 4.76. The highest BCUT2D eigenvalue weighted by Gasteiger charge is 2.29. The Morgan fingerprint density at radius 3 is 2.38 bits per heavy atom. The summed E-state index contributed by atoms with van der Waals surface area (Å²) in [6, 6.07) is 4.78. The number of hydrogen-bond donors (Lipinski definition) is 2. The van der Waals surface area contributed by atoms with Crippen LogP contribution in [0.15, 0.2) is 22.7 Å². The third-order valence-electron chi connectivity index (χ3n) is 2.04. The normalized spacial score (nSPS) is 12.5. The highest BCUT2D eigenvalue weighted by atomic mass is 79.9. The number of halogens is 1. The van der Waals surface area contributed by atoms with Crippen molar-refractivity contribution >= 4 is 31.6 Å². The second-order valence-corrected chi connectivity index (χ2v) is 7.64. The summed E-state index contributed by atoms with van der Waals surface area (Å²) < 4.78 is 25.6. The summed E-state index contributed by atoms with van der Waals surface area (Å²) in [6.07, 6.45) is 0. The van der Waals surface area contributed by atoms with Crippen molar-refractivity contribution in [3.63, 3.8) is 0 Å². The van der Waals surface area contributed by atoms with Crippen LogP contribution < -0.4 is 4.72 Å². The third-order valence-corrected chi connectivity index (χ3v) is 4.78. The molecule has 0 aliphatic carbocycles. The lowest BCUT2D eigenvalue weighted by Crippen LogP contribution is -2.33. The molecule has 2 N–H and O–H groups in total. The van der Waals surface area contributed by atoms with Gasteiger partial charge >= 0.3 is 0 Å². The molecule has 0 saturated carbocycles. The maximum atomic E-state index is 11.8. The van der Waals surface area contributed by atoms with E-state index in [-0.39, 0.29) is 11.4 Å². The lowest BCUT2D eigenvalue weighted by atomic mass is 10.3. The van der Waals surface area contributed by atoms with Gasteiger partial charge in [-0.2, -0.15) is 0 Å². The molecule has 0 aliphatic rings. The number of phenols is 1.